The predicted octanol–water partition coefficient (Wildman–Crippen LogP) is 5.68. The Hall–Kier alpha value is -2.54. The van der Waals surface area contributed by atoms with Crippen LogP contribution in [0.3, 0.4) is 0 Å². The van der Waals surface area contributed by atoms with Gasteiger partial charge in [-0.3, -0.25) is 0 Å². The molecule has 2 aromatic carbocycles. The third-order valence-corrected chi connectivity index (χ3v) is 6.33. The maximum Gasteiger partial charge on any atom is 0.410 e. The van der Waals surface area contributed by atoms with Gasteiger partial charge in [0.1, 0.15) is 5.60 Å². The lowest BCUT2D eigenvalue weighted by Crippen LogP contribution is -2.50. The van der Waals surface area contributed by atoms with Crippen molar-refractivity contribution < 1.29 is 9.53 Å². The zero-order valence-corrected chi connectivity index (χ0v) is 20.8. The molecule has 4 rings (SSSR count). The van der Waals surface area contributed by atoms with Crippen LogP contribution in [0, 0.1) is 0 Å². The number of nitrogens with zero attached hydrogens (tertiary/aromatic N) is 4. The number of halogens is 1. The SMILES string of the molecule is CN(C(=O)OC(C)(C)C)[C@@H]1CCCN(c2nc3ccccc3n2Cc2ccc(Br)cc2)C1. The van der Waals surface area contributed by atoms with Crippen molar-refractivity contribution in [2.24, 2.45) is 0 Å². The first-order valence-electron chi connectivity index (χ1n) is 11.1. The van der Waals surface area contributed by atoms with Crippen molar-refractivity contribution in [2.45, 2.75) is 51.8 Å². The van der Waals surface area contributed by atoms with Gasteiger partial charge in [-0.1, -0.05) is 40.2 Å². The van der Waals surface area contributed by atoms with E-state index >= 15 is 0 Å². The van der Waals surface area contributed by atoms with E-state index in [4.69, 9.17) is 9.72 Å². The molecule has 1 aliphatic rings. The van der Waals surface area contributed by atoms with E-state index in [1.807, 2.05) is 33.9 Å². The molecule has 2 heterocycles. The van der Waals surface area contributed by atoms with E-state index in [-0.39, 0.29) is 12.1 Å². The van der Waals surface area contributed by atoms with Gasteiger partial charge >= 0.3 is 6.09 Å². The molecule has 170 valence electrons. The molecule has 3 aromatic rings. The molecule has 32 heavy (non-hydrogen) atoms. The van der Waals surface area contributed by atoms with Gasteiger partial charge in [-0.15, -0.1) is 0 Å². The molecular weight excluding hydrogens is 468 g/mol. The van der Waals surface area contributed by atoms with Gasteiger partial charge in [-0.25, -0.2) is 9.78 Å². The zero-order chi connectivity index (χ0) is 22.9. The lowest BCUT2D eigenvalue weighted by Gasteiger charge is -2.38. The molecule has 0 bridgehead atoms. The number of fused-ring (bicyclic) bond motifs is 1. The maximum atomic E-state index is 12.6. The third kappa shape index (κ3) is 5.09. The van der Waals surface area contributed by atoms with Crippen LogP contribution in [0.4, 0.5) is 10.7 Å². The van der Waals surface area contributed by atoms with Crippen LogP contribution in [0.1, 0.15) is 39.2 Å². The number of para-hydroxylation sites is 2. The van der Waals surface area contributed by atoms with Crippen molar-refractivity contribution in [3.63, 3.8) is 0 Å². The zero-order valence-electron chi connectivity index (χ0n) is 19.2. The molecule has 0 radical (unpaired) electrons. The van der Waals surface area contributed by atoms with Crippen LogP contribution >= 0.6 is 15.9 Å². The van der Waals surface area contributed by atoms with E-state index in [9.17, 15) is 4.79 Å². The summed E-state index contributed by atoms with van der Waals surface area (Å²) < 4.78 is 8.95. The third-order valence-electron chi connectivity index (χ3n) is 5.80. The first-order valence-corrected chi connectivity index (χ1v) is 11.9. The van der Waals surface area contributed by atoms with E-state index in [2.05, 4.69) is 67.9 Å². The molecular formula is C25H31BrN4O2. The fourth-order valence-corrected chi connectivity index (χ4v) is 4.43. The van der Waals surface area contributed by atoms with Gasteiger partial charge in [0, 0.05) is 24.6 Å². The highest BCUT2D eigenvalue weighted by Gasteiger charge is 2.31. The predicted molar refractivity (Wildman–Crippen MR) is 132 cm³/mol. The minimum absolute atomic E-state index is 0.0829. The summed E-state index contributed by atoms with van der Waals surface area (Å²) in [6, 6.07) is 16.8. The number of imidazole rings is 1. The molecule has 1 aliphatic heterocycles. The number of benzene rings is 2. The number of aromatic nitrogens is 2. The molecule has 0 aliphatic carbocycles. The Bertz CT molecular complexity index is 1090. The highest BCUT2D eigenvalue weighted by atomic mass is 79.9. The summed E-state index contributed by atoms with van der Waals surface area (Å²) >= 11 is 3.52. The van der Waals surface area contributed by atoms with E-state index in [0.29, 0.717) is 0 Å². The molecule has 0 saturated carbocycles. The van der Waals surface area contributed by atoms with Crippen molar-refractivity contribution in [3.8, 4) is 0 Å². The van der Waals surface area contributed by atoms with Crippen molar-refractivity contribution >= 4 is 39.0 Å². The minimum atomic E-state index is -0.502. The Morgan fingerprint density at radius 3 is 2.62 bits per heavy atom. The van der Waals surface area contributed by atoms with E-state index < -0.39 is 5.60 Å². The number of piperidine rings is 1. The Labute approximate surface area is 198 Å². The molecule has 0 N–H and O–H groups in total. The van der Waals surface area contributed by atoms with Crippen molar-refractivity contribution in [1.29, 1.82) is 0 Å². The fourth-order valence-electron chi connectivity index (χ4n) is 4.17. The van der Waals surface area contributed by atoms with Crippen LogP contribution in [0.2, 0.25) is 0 Å². The monoisotopic (exact) mass is 498 g/mol. The standard InChI is InChI=1S/C25H31BrN4O2/c1-25(2,3)32-24(31)28(4)20-8-7-15-29(17-20)23-27-21-9-5-6-10-22(21)30(23)16-18-11-13-19(26)14-12-18/h5-6,9-14,20H,7-8,15-17H2,1-4H3/t20-/m1/s1. The molecule has 0 spiro atoms. The number of hydrogen-bond acceptors (Lipinski definition) is 4. The van der Waals surface area contributed by atoms with Gasteiger partial charge in [0.25, 0.3) is 0 Å². The second-order valence-electron chi connectivity index (χ2n) is 9.45. The number of carbonyl (C=O) groups excluding carboxylic acids is 1. The lowest BCUT2D eigenvalue weighted by molar-refractivity contribution is 0.0209. The smallest absolute Gasteiger partial charge is 0.410 e. The number of carbonyl (C=O) groups is 1. The normalized spacial score (nSPS) is 16.9. The Morgan fingerprint density at radius 1 is 1.19 bits per heavy atom. The summed E-state index contributed by atoms with van der Waals surface area (Å²) in [7, 11) is 1.84. The largest absolute Gasteiger partial charge is 0.444 e. The molecule has 0 unspecified atom stereocenters. The van der Waals surface area contributed by atoms with Gasteiger partial charge < -0.3 is 19.1 Å². The summed E-state index contributed by atoms with van der Waals surface area (Å²) in [6.07, 6.45) is 1.69. The summed E-state index contributed by atoms with van der Waals surface area (Å²) in [5, 5.41) is 0. The number of amides is 1. The molecule has 1 saturated heterocycles. The topological polar surface area (TPSA) is 50.6 Å². The average Bonchev–Trinajstić information content (AvgIpc) is 3.12. The molecule has 7 heteroatoms. The van der Waals surface area contributed by atoms with Crippen LogP contribution in [-0.4, -0.2) is 52.3 Å². The second-order valence-corrected chi connectivity index (χ2v) is 10.4. The molecule has 1 aromatic heterocycles. The minimum Gasteiger partial charge on any atom is -0.444 e. The molecule has 6 nitrogen and oxygen atoms in total. The summed E-state index contributed by atoms with van der Waals surface area (Å²) in [6.45, 7) is 8.09. The van der Waals surface area contributed by atoms with Crippen molar-refractivity contribution in [1.82, 2.24) is 14.5 Å². The van der Waals surface area contributed by atoms with Crippen LogP contribution in [0.15, 0.2) is 53.0 Å². The van der Waals surface area contributed by atoms with Gasteiger partial charge in [-0.2, -0.15) is 0 Å². The number of ether oxygens (including phenoxy) is 1. The van der Waals surface area contributed by atoms with Gasteiger partial charge in [0.05, 0.1) is 23.6 Å². The van der Waals surface area contributed by atoms with E-state index in [1.54, 1.807) is 4.90 Å². The average molecular weight is 499 g/mol. The summed E-state index contributed by atoms with van der Waals surface area (Å²) in [4.78, 5) is 21.7. The Kier molecular flexibility index (Phi) is 6.47. The first-order chi connectivity index (χ1) is 15.2. The molecule has 1 fully saturated rings. The van der Waals surface area contributed by atoms with Gasteiger partial charge in [0.15, 0.2) is 0 Å². The van der Waals surface area contributed by atoms with Crippen molar-refractivity contribution in [3.05, 3.63) is 58.6 Å². The highest BCUT2D eigenvalue weighted by molar-refractivity contribution is 9.10. The molecule has 1 amide bonds. The van der Waals surface area contributed by atoms with Gasteiger partial charge in [0.2, 0.25) is 5.95 Å². The molecule has 1 atom stereocenters. The quantitative estimate of drug-likeness (QED) is 0.463. The van der Waals surface area contributed by atoms with Crippen LogP contribution in [0.25, 0.3) is 11.0 Å². The fraction of sp³-hybridized carbons (Fsp3) is 0.440. The van der Waals surface area contributed by atoms with Gasteiger partial charge in [-0.05, 0) is 63.4 Å². The Balaban J connectivity index is 1.61. The second kappa shape index (κ2) is 9.14. The van der Waals surface area contributed by atoms with Crippen LogP contribution in [0.5, 0.6) is 0 Å². The van der Waals surface area contributed by atoms with Crippen LogP contribution < -0.4 is 4.90 Å². The summed E-state index contributed by atoms with van der Waals surface area (Å²) in [5.41, 5.74) is 2.82. The van der Waals surface area contributed by atoms with Crippen molar-refractivity contribution in [2.75, 3.05) is 25.0 Å². The number of hydrogen-bond donors (Lipinski definition) is 0. The maximum absolute atomic E-state index is 12.6. The lowest BCUT2D eigenvalue weighted by atomic mass is 10.1. The first kappa shape index (κ1) is 22.6. The van der Waals surface area contributed by atoms with E-state index in [0.717, 1.165) is 53.9 Å². The van der Waals surface area contributed by atoms with Crippen LogP contribution in [-0.2, 0) is 11.3 Å². The highest BCUT2D eigenvalue weighted by Crippen LogP contribution is 2.28. The number of likely N-dealkylation sites (N-methyl/N-ethyl adjacent to an activating group) is 1. The van der Waals surface area contributed by atoms with E-state index in [1.165, 1.54) is 5.56 Å². The Morgan fingerprint density at radius 2 is 1.91 bits per heavy atom. The number of rotatable bonds is 4. The number of anilines is 1. The summed E-state index contributed by atoms with van der Waals surface area (Å²) in [5.74, 6) is 0.955.